The van der Waals surface area contributed by atoms with E-state index in [1.165, 1.54) is 0 Å². The highest BCUT2D eigenvalue weighted by molar-refractivity contribution is 5.87. The fourth-order valence-electron chi connectivity index (χ4n) is 2.19. The van der Waals surface area contributed by atoms with Gasteiger partial charge in [-0.2, -0.15) is 0 Å². The van der Waals surface area contributed by atoms with E-state index in [4.69, 9.17) is 9.84 Å². The Kier molecular flexibility index (Phi) is 11.3. The van der Waals surface area contributed by atoms with Crippen molar-refractivity contribution in [1.82, 2.24) is 0 Å². The van der Waals surface area contributed by atoms with E-state index in [1.807, 2.05) is 12.2 Å². The highest BCUT2D eigenvalue weighted by Crippen LogP contribution is 2.13. The molecule has 0 amide bonds. The van der Waals surface area contributed by atoms with Gasteiger partial charge in [0.05, 0.1) is 12.2 Å². The van der Waals surface area contributed by atoms with Gasteiger partial charge >= 0.3 is 5.97 Å². The number of carbonyl (C=O) groups is 1. The Morgan fingerprint density at radius 1 is 1.04 bits per heavy atom. The average molecular weight is 354 g/mol. The van der Waals surface area contributed by atoms with Crippen LogP contribution in [0.25, 0.3) is 0 Å². The molecule has 0 fully saturated rings. The van der Waals surface area contributed by atoms with E-state index in [9.17, 15) is 4.79 Å². The molecule has 1 aromatic rings. The number of carboxylic acids is 1. The molecule has 0 aliphatic rings. The van der Waals surface area contributed by atoms with Crippen LogP contribution in [0.5, 0.6) is 5.75 Å². The summed E-state index contributed by atoms with van der Waals surface area (Å²) in [7, 11) is 0. The van der Waals surface area contributed by atoms with Gasteiger partial charge in [-0.15, -0.1) is 0 Å². The molecule has 1 atom stereocenters. The maximum absolute atomic E-state index is 10.8. The number of benzene rings is 1. The van der Waals surface area contributed by atoms with E-state index < -0.39 is 5.97 Å². The highest BCUT2D eigenvalue weighted by atomic mass is 16.5. The van der Waals surface area contributed by atoms with Crippen LogP contribution in [-0.2, 0) is 0 Å². The molecular weight excluding hydrogens is 324 g/mol. The fourth-order valence-corrected chi connectivity index (χ4v) is 2.19. The molecule has 0 aliphatic carbocycles. The Labute approximate surface area is 157 Å². The lowest BCUT2D eigenvalue weighted by atomic mass is 10.1. The fraction of sp³-hybridized carbons (Fsp3) is 0.348. The van der Waals surface area contributed by atoms with E-state index in [1.54, 1.807) is 24.3 Å². The van der Waals surface area contributed by atoms with Crippen LogP contribution in [0.15, 0.2) is 72.9 Å². The van der Waals surface area contributed by atoms with Crippen molar-refractivity contribution in [3.05, 3.63) is 78.4 Å². The van der Waals surface area contributed by atoms with Crippen molar-refractivity contribution in [3.8, 4) is 5.75 Å². The first kappa shape index (κ1) is 21.5. The molecule has 0 saturated carbocycles. The van der Waals surface area contributed by atoms with Crippen molar-refractivity contribution in [1.29, 1.82) is 0 Å². The van der Waals surface area contributed by atoms with Gasteiger partial charge in [0.15, 0.2) is 0 Å². The smallest absolute Gasteiger partial charge is 0.335 e. The van der Waals surface area contributed by atoms with Crippen LogP contribution >= 0.6 is 0 Å². The van der Waals surface area contributed by atoms with Gasteiger partial charge in [0, 0.05) is 0 Å². The quantitative estimate of drug-likeness (QED) is 0.276. The molecule has 0 aliphatic heterocycles. The van der Waals surface area contributed by atoms with Crippen molar-refractivity contribution >= 4 is 5.97 Å². The third kappa shape index (κ3) is 10.3. The Morgan fingerprint density at radius 2 is 1.73 bits per heavy atom. The summed E-state index contributed by atoms with van der Waals surface area (Å²) in [5.41, 5.74) is 0.270. The number of carboxylic acid groups (broad SMARTS) is 1. The number of unbranched alkanes of at least 4 members (excludes halogenated alkanes) is 1. The molecule has 1 rings (SSSR count). The summed E-state index contributed by atoms with van der Waals surface area (Å²) in [5, 5.41) is 8.86. The topological polar surface area (TPSA) is 46.5 Å². The molecule has 0 radical (unpaired) electrons. The van der Waals surface area contributed by atoms with Crippen LogP contribution < -0.4 is 4.74 Å². The Morgan fingerprint density at radius 3 is 2.42 bits per heavy atom. The SMILES string of the molecule is CC/C=C\CC/C=C/C=C\C=C\[C@@H](C)CCOc1ccc(C(=O)O)cc1. The second-order valence-corrected chi connectivity index (χ2v) is 6.10. The van der Waals surface area contributed by atoms with Crippen molar-refractivity contribution in [2.24, 2.45) is 5.92 Å². The maximum Gasteiger partial charge on any atom is 0.335 e. The van der Waals surface area contributed by atoms with Gasteiger partial charge in [0.25, 0.3) is 0 Å². The third-order valence-electron chi connectivity index (χ3n) is 3.75. The molecule has 1 aromatic carbocycles. The average Bonchev–Trinajstić information content (AvgIpc) is 2.63. The first-order valence-corrected chi connectivity index (χ1v) is 9.24. The lowest BCUT2D eigenvalue weighted by Crippen LogP contribution is -2.02. The summed E-state index contributed by atoms with van der Waals surface area (Å²) in [4.78, 5) is 10.8. The first-order valence-electron chi connectivity index (χ1n) is 9.24. The third-order valence-corrected chi connectivity index (χ3v) is 3.75. The summed E-state index contributed by atoms with van der Waals surface area (Å²) in [6.45, 7) is 4.90. The molecule has 26 heavy (non-hydrogen) atoms. The van der Waals surface area contributed by atoms with E-state index >= 15 is 0 Å². The Balaban J connectivity index is 2.18. The van der Waals surface area contributed by atoms with Gasteiger partial charge in [-0.3, -0.25) is 0 Å². The minimum atomic E-state index is -0.925. The molecule has 0 saturated heterocycles. The van der Waals surface area contributed by atoms with Gasteiger partial charge in [-0.05, 0) is 55.9 Å². The van der Waals surface area contributed by atoms with E-state index in [-0.39, 0.29) is 5.56 Å². The molecule has 0 heterocycles. The van der Waals surface area contributed by atoms with Gasteiger partial charge in [-0.1, -0.05) is 62.5 Å². The van der Waals surface area contributed by atoms with Crippen LogP contribution in [0.4, 0.5) is 0 Å². The molecule has 0 unspecified atom stereocenters. The van der Waals surface area contributed by atoms with Gasteiger partial charge in [0.2, 0.25) is 0 Å². The number of rotatable bonds is 12. The lowest BCUT2D eigenvalue weighted by molar-refractivity contribution is 0.0697. The van der Waals surface area contributed by atoms with Crippen molar-refractivity contribution in [2.45, 2.75) is 39.5 Å². The molecule has 0 bridgehead atoms. The van der Waals surface area contributed by atoms with Crippen LogP contribution in [0.1, 0.15) is 49.9 Å². The van der Waals surface area contributed by atoms with Crippen LogP contribution in [0.2, 0.25) is 0 Å². The number of aromatic carboxylic acids is 1. The van der Waals surface area contributed by atoms with Crippen LogP contribution in [0, 0.1) is 5.92 Å². The minimum absolute atomic E-state index is 0.270. The second kappa shape index (κ2) is 13.7. The molecule has 0 aromatic heterocycles. The zero-order valence-electron chi connectivity index (χ0n) is 15.8. The zero-order valence-corrected chi connectivity index (χ0v) is 15.8. The molecule has 0 spiro atoms. The predicted octanol–water partition coefficient (Wildman–Crippen LogP) is 6.20. The summed E-state index contributed by atoms with van der Waals surface area (Å²) >= 11 is 0. The van der Waals surface area contributed by atoms with Crippen molar-refractivity contribution < 1.29 is 14.6 Å². The Hall–Kier alpha value is -2.55. The maximum atomic E-state index is 10.8. The summed E-state index contributed by atoms with van der Waals surface area (Å²) in [6.07, 6.45) is 21.2. The summed E-state index contributed by atoms with van der Waals surface area (Å²) < 4.78 is 5.65. The van der Waals surface area contributed by atoms with E-state index in [0.29, 0.717) is 18.3 Å². The monoisotopic (exact) mass is 354 g/mol. The van der Waals surface area contributed by atoms with Crippen LogP contribution in [0.3, 0.4) is 0 Å². The predicted molar refractivity (Wildman–Crippen MR) is 109 cm³/mol. The van der Waals surface area contributed by atoms with Crippen LogP contribution in [-0.4, -0.2) is 17.7 Å². The highest BCUT2D eigenvalue weighted by Gasteiger charge is 2.02. The number of ether oxygens (including phenoxy) is 1. The van der Waals surface area contributed by atoms with Crippen molar-refractivity contribution in [3.63, 3.8) is 0 Å². The van der Waals surface area contributed by atoms with E-state index in [2.05, 4.69) is 50.3 Å². The molecule has 140 valence electrons. The lowest BCUT2D eigenvalue weighted by Gasteiger charge is -2.08. The molecule has 3 nitrogen and oxygen atoms in total. The number of hydrogen-bond donors (Lipinski definition) is 1. The second-order valence-electron chi connectivity index (χ2n) is 6.10. The number of hydrogen-bond acceptors (Lipinski definition) is 2. The van der Waals surface area contributed by atoms with Gasteiger partial charge < -0.3 is 9.84 Å². The standard InChI is InChI=1S/C23H30O3/c1-3-4-5-6-7-8-9-10-11-12-13-20(2)18-19-26-22-16-14-21(15-17-22)23(24)25/h4-5,8-17,20H,3,6-7,18-19H2,1-2H3,(H,24,25)/b5-4-,9-8+,11-10-,13-12+/t20-/m1/s1. The summed E-state index contributed by atoms with van der Waals surface area (Å²) in [6, 6.07) is 6.49. The molecule has 3 heteroatoms. The molecule has 1 N–H and O–H groups in total. The summed E-state index contributed by atoms with van der Waals surface area (Å²) in [5.74, 6) is 0.192. The number of allylic oxidation sites excluding steroid dienone is 8. The Bertz CT molecular complexity index is 621. The van der Waals surface area contributed by atoms with Crippen molar-refractivity contribution in [2.75, 3.05) is 6.61 Å². The molecular formula is C23H30O3. The normalized spacial score (nSPS) is 13.3. The first-order chi connectivity index (χ1) is 12.6. The van der Waals surface area contributed by atoms with Gasteiger partial charge in [0.1, 0.15) is 5.75 Å². The largest absolute Gasteiger partial charge is 0.494 e. The van der Waals surface area contributed by atoms with E-state index in [0.717, 1.165) is 25.7 Å². The minimum Gasteiger partial charge on any atom is -0.494 e. The van der Waals surface area contributed by atoms with Gasteiger partial charge in [-0.25, -0.2) is 4.79 Å². The zero-order chi connectivity index (χ0) is 19.0.